The molecule has 0 spiro atoms. The second-order valence-corrected chi connectivity index (χ2v) is 5.16. The largest absolute Gasteiger partial charge is 0.416 e. The Balaban J connectivity index is 0.00000242. The number of β-amino-alcohol motifs (C(OH)–C–C–N with tert-alkyl or cyclic N) is 1. The fourth-order valence-electron chi connectivity index (χ4n) is 2.23. The van der Waals surface area contributed by atoms with E-state index in [2.05, 4.69) is 10.6 Å². The van der Waals surface area contributed by atoms with Gasteiger partial charge >= 0.3 is 6.18 Å². The molecule has 0 saturated carbocycles. The van der Waals surface area contributed by atoms with Crippen molar-refractivity contribution in [1.82, 2.24) is 10.6 Å². The average molecular weight is 339 g/mol. The Morgan fingerprint density at radius 1 is 1.27 bits per heavy atom. The van der Waals surface area contributed by atoms with E-state index in [4.69, 9.17) is 0 Å². The van der Waals surface area contributed by atoms with Gasteiger partial charge in [0.15, 0.2) is 0 Å². The number of carbonyl (C=O) groups excluding carboxylic acids is 1. The molecular formula is C14H18ClF3N2O2. The molecule has 0 aromatic heterocycles. The summed E-state index contributed by atoms with van der Waals surface area (Å²) in [6.45, 7) is 1.51. The van der Waals surface area contributed by atoms with Crippen molar-refractivity contribution in [2.75, 3.05) is 19.6 Å². The summed E-state index contributed by atoms with van der Waals surface area (Å²) in [6.07, 6.45) is -4.82. The molecule has 1 aliphatic rings. The number of aliphatic hydroxyl groups is 1. The third-order valence-electron chi connectivity index (χ3n) is 3.51. The number of nitrogens with one attached hydrogen (secondary N) is 2. The topological polar surface area (TPSA) is 61.4 Å². The third kappa shape index (κ3) is 5.15. The van der Waals surface area contributed by atoms with Crippen LogP contribution < -0.4 is 10.6 Å². The van der Waals surface area contributed by atoms with Gasteiger partial charge in [-0.3, -0.25) is 4.79 Å². The fourth-order valence-corrected chi connectivity index (χ4v) is 2.23. The zero-order valence-electron chi connectivity index (χ0n) is 11.7. The Bertz CT molecular complexity index is 494. The minimum Gasteiger partial charge on any atom is -0.391 e. The van der Waals surface area contributed by atoms with Crippen LogP contribution in [0.5, 0.6) is 0 Å². The van der Waals surface area contributed by atoms with Gasteiger partial charge in [0.25, 0.3) is 0 Å². The van der Waals surface area contributed by atoms with E-state index in [0.717, 1.165) is 12.1 Å². The lowest BCUT2D eigenvalue weighted by Gasteiger charge is -2.14. The van der Waals surface area contributed by atoms with Crippen LogP contribution in [-0.2, 0) is 17.4 Å². The smallest absolute Gasteiger partial charge is 0.391 e. The van der Waals surface area contributed by atoms with Gasteiger partial charge in [-0.1, -0.05) is 12.1 Å². The molecule has 124 valence electrons. The van der Waals surface area contributed by atoms with Gasteiger partial charge in [-0.25, -0.2) is 0 Å². The molecule has 2 rings (SSSR count). The molecule has 1 aromatic rings. The Morgan fingerprint density at radius 2 is 1.91 bits per heavy atom. The van der Waals surface area contributed by atoms with Gasteiger partial charge in [-0.15, -0.1) is 12.4 Å². The van der Waals surface area contributed by atoms with Crippen molar-refractivity contribution in [1.29, 1.82) is 0 Å². The van der Waals surface area contributed by atoms with E-state index in [0.29, 0.717) is 25.2 Å². The van der Waals surface area contributed by atoms with E-state index in [-0.39, 0.29) is 30.7 Å². The Labute approximate surface area is 132 Å². The maximum Gasteiger partial charge on any atom is 0.416 e. The van der Waals surface area contributed by atoms with Crippen molar-refractivity contribution in [3.63, 3.8) is 0 Å². The number of hydrogen-bond acceptors (Lipinski definition) is 3. The van der Waals surface area contributed by atoms with Gasteiger partial charge in [-0.05, 0) is 17.7 Å². The molecule has 4 nitrogen and oxygen atoms in total. The molecule has 1 heterocycles. The molecule has 1 fully saturated rings. The van der Waals surface area contributed by atoms with Crippen LogP contribution in [0, 0.1) is 5.92 Å². The molecule has 1 saturated heterocycles. The summed E-state index contributed by atoms with van der Waals surface area (Å²) in [6, 6.07) is 4.53. The van der Waals surface area contributed by atoms with E-state index < -0.39 is 17.8 Å². The van der Waals surface area contributed by atoms with Crippen molar-refractivity contribution >= 4 is 18.3 Å². The van der Waals surface area contributed by atoms with E-state index in [9.17, 15) is 23.1 Å². The maximum atomic E-state index is 12.4. The van der Waals surface area contributed by atoms with Crippen LogP contribution in [0.2, 0.25) is 0 Å². The Kier molecular flexibility index (Phi) is 6.65. The summed E-state index contributed by atoms with van der Waals surface area (Å²) >= 11 is 0. The van der Waals surface area contributed by atoms with Crippen LogP contribution in [0.4, 0.5) is 13.2 Å². The van der Waals surface area contributed by atoms with Crippen molar-refractivity contribution in [3.8, 4) is 0 Å². The molecule has 1 aromatic carbocycles. The molecule has 0 radical (unpaired) electrons. The number of rotatable bonds is 4. The van der Waals surface area contributed by atoms with Crippen molar-refractivity contribution in [2.45, 2.75) is 18.7 Å². The molecular weight excluding hydrogens is 321 g/mol. The molecule has 2 atom stereocenters. The van der Waals surface area contributed by atoms with Gasteiger partial charge in [0.2, 0.25) is 5.91 Å². The lowest BCUT2D eigenvalue weighted by molar-refractivity contribution is -0.137. The van der Waals surface area contributed by atoms with Crippen LogP contribution in [0.15, 0.2) is 24.3 Å². The minimum absolute atomic E-state index is 0. The highest BCUT2D eigenvalue weighted by Crippen LogP contribution is 2.29. The first-order chi connectivity index (χ1) is 9.86. The van der Waals surface area contributed by atoms with Gasteiger partial charge < -0.3 is 15.7 Å². The average Bonchev–Trinajstić information content (AvgIpc) is 2.81. The molecule has 2 unspecified atom stereocenters. The first-order valence-corrected chi connectivity index (χ1v) is 6.68. The monoisotopic (exact) mass is 338 g/mol. The predicted octanol–water partition coefficient (Wildman–Crippen LogP) is 1.37. The Hall–Kier alpha value is -1.31. The van der Waals surface area contributed by atoms with E-state index >= 15 is 0 Å². The quantitative estimate of drug-likeness (QED) is 0.777. The second kappa shape index (κ2) is 7.80. The van der Waals surface area contributed by atoms with Gasteiger partial charge in [0, 0.05) is 25.6 Å². The fraction of sp³-hybridized carbons (Fsp3) is 0.500. The maximum absolute atomic E-state index is 12.4. The van der Waals surface area contributed by atoms with E-state index in [1.54, 1.807) is 0 Å². The van der Waals surface area contributed by atoms with Gasteiger partial charge in [0.1, 0.15) is 0 Å². The highest BCUT2D eigenvalue weighted by atomic mass is 35.5. The number of halogens is 4. The number of aliphatic hydroxyl groups excluding tert-OH is 1. The van der Waals surface area contributed by atoms with Crippen molar-refractivity contribution < 1.29 is 23.1 Å². The SMILES string of the molecule is Cl.O=C(Cc1ccc(C(F)(F)F)cc1)NCC1CNCC1O. The number of carbonyl (C=O) groups is 1. The minimum atomic E-state index is -4.37. The highest BCUT2D eigenvalue weighted by Gasteiger charge is 2.30. The molecule has 22 heavy (non-hydrogen) atoms. The standard InChI is InChI=1S/C14H17F3N2O2.ClH/c15-14(16,17)11-3-1-9(2-4-11)5-13(21)19-7-10-6-18-8-12(10)20;/h1-4,10,12,18,20H,5-8H2,(H,19,21);1H. The number of hydrogen-bond donors (Lipinski definition) is 3. The summed E-state index contributed by atoms with van der Waals surface area (Å²) in [5, 5.41) is 15.3. The Morgan fingerprint density at radius 3 is 2.41 bits per heavy atom. The molecule has 1 amide bonds. The van der Waals surface area contributed by atoms with E-state index in [1.807, 2.05) is 0 Å². The summed E-state index contributed by atoms with van der Waals surface area (Å²) < 4.78 is 37.2. The predicted molar refractivity (Wildman–Crippen MR) is 77.8 cm³/mol. The number of alkyl halides is 3. The number of benzene rings is 1. The van der Waals surface area contributed by atoms with Gasteiger partial charge in [0.05, 0.1) is 18.1 Å². The summed E-state index contributed by atoms with van der Waals surface area (Å²) in [5.74, 6) is -0.296. The lowest BCUT2D eigenvalue weighted by Crippen LogP contribution is -2.35. The molecule has 8 heteroatoms. The van der Waals surface area contributed by atoms with Gasteiger partial charge in [-0.2, -0.15) is 13.2 Å². The lowest BCUT2D eigenvalue weighted by atomic mass is 10.1. The zero-order chi connectivity index (χ0) is 15.5. The van der Waals surface area contributed by atoms with Crippen molar-refractivity contribution in [3.05, 3.63) is 35.4 Å². The van der Waals surface area contributed by atoms with Crippen LogP contribution in [0.25, 0.3) is 0 Å². The summed E-state index contributed by atoms with van der Waals surface area (Å²) in [4.78, 5) is 11.7. The second-order valence-electron chi connectivity index (χ2n) is 5.16. The first kappa shape index (κ1) is 18.7. The molecule has 0 aliphatic carbocycles. The van der Waals surface area contributed by atoms with Crippen LogP contribution in [-0.4, -0.2) is 36.8 Å². The third-order valence-corrected chi connectivity index (χ3v) is 3.51. The van der Waals surface area contributed by atoms with Crippen LogP contribution in [0.3, 0.4) is 0 Å². The first-order valence-electron chi connectivity index (χ1n) is 6.68. The van der Waals surface area contributed by atoms with Crippen LogP contribution in [0.1, 0.15) is 11.1 Å². The highest BCUT2D eigenvalue weighted by molar-refractivity contribution is 5.85. The molecule has 3 N–H and O–H groups in total. The molecule has 1 aliphatic heterocycles. The van der Waals surface area contributed by atoms with Crippen LogP contribution >= 0.6 is 12.4 Å². The normalized spacial score (nSPS) is 21.3. The van der Waals surface area contributed by atoms with E-state index in [1.165, 1.54) is 12.1 Å². The molecule has 0 bridgehead atoms. The summed E-state index contributed by atoms with van der Waals surface area (Å²) in [7, 11) is 0. The summed E-state index contributed by atoms with van der Waals surface area (Å²) in [5.41, 5.74) is -0.211. The zero-order valence-corrected chi connectivity index (χ0v) is 12.5. The number of amides is 1. The van der Waals surface area contributed by atoms with Crippen molar-refractivity contribution in [2.24, 2.45) is 5.92 Å².